The van der Waals surface area contributed by atoms with E-state index in [2.05, 4.69) is 15.0 Å². The van der Waals surface area contributed by atoms with Gasteiger partial charge in [-0.1, -0.05) is 6.07 Å². The Labute approximate surface area is 123 Å². The number of hydrogen-bond donors (Lipinski definition) is 2. The van der Waals surface area contributed by atoms with Crippen molar-refractivity contribution in [3.63, 3.8) is 0 Å². The molecule has 0 aliphatic carbocycles. The molecule has 1 aromatic carbocycles. The highest BCUT2D eigenvalue weighted by atomic mass is 19.4. The van der Waals surface area contributed by atoms with Crippen molar-refractivity contribution in [3.8, 4) is 0 Å². The van der Waals surface area contributed by atoms with Crippen LogP contribution in [0.15, 0.2) is 49.1 Å². The average Bonchev–Trinajstić information content (AvgIpc) is 2.95. The molecule has 8 heteroatoms. The van der Waals surface area contributed by atoms with Crippen LogP contribution >= 0.6 is 0 Å². The quantitative estimate of drug-likeness (QED) is 0.725. The molecule has 0 fully saturated rings. The third-order valence-electron chi connectivity index (χ3n) is 2.70. The number of nitrogens with zero attached hydrogens (tertiary/aromatic N) is 2. The second-order valence-corrected chi connectivity index (χ2v) is 4.25. The molecule has 2 heterocycles. The average molecular weight is 308 g/mol. The molecule has 0 aliphatic heterocycles. The lowest BCUT2D eigenvalue weighted by Gasteiger charge is -2.06. The molecule has 0 saturated carbocycles. The highest BCUT2D eigenvalue weighted by Crippen LogP contribution is 2.29. The molecule has 22 heavy (non-hydrogen) atoms. The van der Waals surface area contributed by atoms with Crippen LogP contribution in [0.2, 0.25) is 0 Å². The Morgan fingerprint density at radius 2 is 2.00 bits per heavy atom. The van der Waals surface area contributed by atoms with E-state index in [9.17, 15) is 18.0 Å². The summed E-state index contributed by atoms with van der Waals surface area (Å²) in [5, 5.41) is 1.05. The third kappa shape index (κ3) is 3.81. The molecule has 0 bridgehead atoms. The fraction of sp³-hybridized carbons (Fsp3) is 0.0714. The summed E-state index contributed by atoms with van der Waals surface area (Å²) in [6, 6.07) is 5.92. The van der Waals surface area contributed by atoms with E-state index >= 15 is 0 Å². The van der Waals surface area contributed by atoms with Gasteiger partial charge in [0.2, 0.25) is 5.91 Å². The van der Waals surface area contributed by atoms with Crippen LogP contribution < -0.4 is 5.73 Å². The van der Waals surface area contributed by atoms with Gasteiger partial charge in [0.15, 0.2) is 0 Å². The Hall–Kier alpha value is -2.90. The van der Waals surface area contributed by atoms with Crippen LogP contribution in [-0.2, 0) is 6.18 Å². The number of fused-ring (bicyclic) bond motifs is 1. The molecule has 5 nitrogen and oxygen atoms in total. The van der Waals surface area contributed by atoms with Gasteiger partial charge in [0.05, 0.1) is 5.56 Å². The molecule has 3 aromatic rings. The van der Waals surface area contributed by atoms with E-state index in [0.29, 0.717) is 0 Å². The van der Waals surface area contributed by atoms with Crippen molar-refractivity contribution in [2.45, 2.75) is 6.18 Å². The Balaban J connectivity index is 0.000000170. The molecule has 0 radical (unpaired) electrons. The fourth-order valence-corrected chi connectivity index (χ4v) is 1.64. The number of aromatic amines is 1. The van der Waals surface area contributed by atoms with Crippen molar-refractivity contribution in [3.05, 3.63) is 60.2 Å². The van der Waals surface area contributed by atoms with Crippen molar-refractivity contribution in [1.29, 1.82) is 0 Å². The Morgan fingerprint density at radius 3 is 2.64 bits per heavy atom. The number of hydrogen-bond acceptors (Lipinski definition) is 3. The first-order valence-electron chi connectivity index (χ1n) is 6.08. The standard InChI is InChI=1S/C8H6F3NO.C6H5N3/c9-8(10,11)6-3-1-2-5(4-6)7(12)13;1-2-8-6-5(1)3-7-4-9-6/h1-4H,(H2,12,13);1-4H,(H,7,8,9). The number of nitrogens with two attached hydrogens (primary N) is 1. The van der Waals surface area contributed by atoms with Crippen molar-refractivity contribution in [2.75, 3.05) is 0 Å². The third-order valence-corrected chi connectivity index (χ3v) is 2.70. The number of primary amides is 1. The number of amides is 1. The van der Waals surface area contributed by atoms with Crippen molar-refractivity contribution in [1.82, 2.24) is 15.0 Å². The van der Waals surface area contributed by atoms with Gasteiger partial charge in [-0.05, 0) is 24.3 Å². The van der Waals surface area contributed by atoms with Crippen LogP contribution in [0.3, 0.4) is 0 Å². The minimum Gasteiger partial charge on any atom is -0.366 e. The van der Waals surface area contributed by atoms with Crippen LogP contribution in [0.25, 0.3) is 11.0 Å². The first-order valence-corrected chi connectivity index (χ1v) is 6.08. The van der Waals surface area contributed by atoms with Gasteiger partial charge in [-0.25, -0.2) is 9.97 Å². The fourth-order valence-electron chi connectivity index (χ4n) is 1.64. The lowest BCUT2D eigenvalue weighted by atomic mass is 10.1. The van der Waals surface area contributed by atoms with Gasteiger partial charge in [-0.15, -0.1) is 0 Å². The van der Waals surface area contributed by atoms with Crippen LogP contribution in [0.5, 0.6) is 0 Å². The Bertz CT molecular complexity index is 753. The number of carbonyl (C=O) groups excluding carboxylic acids is 1. The van der Waals surface area contributed by atoms with Crippen LogP contribution in [0.4, 0.5) is 13.2 Å². The van der Waals surface area contributed by atoms with Crippen LogP contribution in [0.1, 0.15) is 15.9 Å². The Kier molecular flexibility index (Phi) is 4.40. The van der Waals surface area contributed by atoms with E-state index < -0.39 is 17.6 Å². The lowest BCUT2D eigenvalue weighted by molar-refractivity contribution is -0.137. The normalized spacial score (nSPS) is 10.9. The summed E-state index contributed by atoms with van der Waals surface area (Å²) < 4.78 is 36.2. The van der Waals surface area contributed by atoms with Crippen molar-refractivity contribution < 1.29 is 18.0 Å². The summed E-state index contributed by atoms with van der Waals surface area (Å²) >= 11 is 0. The zero-order chi connectivity index (χ0) is 16.2. The topological polar surface area (TPSA) is 84.7 Å². The maximum absolute atomic E-state index is 12.1. The van der Waals surface area contributed by atoms with E-state index in [1.165, 1.54) is 12.4 Å². The highest BCUT2D eigenvalue weighted by molar-refractivity contribution is 5.92. The maximum Gasteiger partial charge on any atom is 0.416 e. The van der Waals surface area contributed by atoms with E-state index in [-0.39, 0.29) is 5.56 Å². The molecular formula is C14H11F3N4O. The van der Waals surface area contributed by atoms with E-state index in [4.69, 9.17) is 5.73 Å². The molecule has 114 valence electrons. The second kappa shape index (κ2) is 6.25. The van der Waals surface area contributed by atoms with E-state index in [1.54, 1.807) is 6.20 Å². The molecule has 0 atom stereocenters. The molecule has 1 amide bonds. The molecule has 0 spiro atoms. The van der Waals surface area contributed by atoms with Gasteiger partial charge in [-0.3, -0.25) is 4.79 Å². The van der Waals surface area contributed by atoms with Gasteiger partial charge in [-0.2, -0.15) is 13.2 Å². The highest BCUT2D eigenvalue weighted by Gasteiger charge is 2.30. The van der Waals surface area contributed by atoms with Gasteiger partial charge in [0.25, 0.3) is 0 Å². The zero-order valence-electron chi connectivity index (χ0n) is 11.1. The van der Waals surface area contributed by atoms with Gasteiger partial charge in [0.1, 0.15) is 12.0 Å². The number of nitrogens with one attached hydrogen (secondary N) is 1. The van der Waals surface area contributed by atoms with Gasteiger partial charge in [0, 0.05) is 23.3 Å². The molecule has 3 rings (SSSR count). The zero-order valence-corrected chi connectivity index (χ0v) is 11.1. The van der Waals surface area contributed by atoms with E-state index in [0.717, 1.165) is 29.2 Å². The molecule has 2 aromatic heterocycles. The molecule has 3 N–H and O–H groups in total. The van der Waals surface area contributed by atoms with Crippen molar-refractivity contribution >= 4 is 16.9 Å². The summed E-state index contributed by atoms with van der Waals surface area (Å²) in [7, 11) is 0. The summed E-state index contributed by atoms with van der Waals surface area (Å²) in [6.07, 6.45) is 0.711. The minimum atomic E-state index is -4.44. The molecule has 0 aliphatic rings. The maximum atomic E-state index is 12.1. The number of alkyl halides is 3. The molecule has 0 unspecified atom stereocenters. The number of halogens is 3. The first-order chi connectivity index (χ1) is 10.4. The Morgan fingerprint density at radius 1 is 1.23 bits per heavy atom. The number of carbonyl (C=O) groups is 1. The monoisotopic (exact) mass is 308 g/mol. The number of benzene rings is 1. The number of rotatable bonds is 1. The number of H-pyrrole nitrogens is 1. The molecule has 0 saturated heterocycles. The minimum absolute atomic E-state index is 0.144. The van der Waals surface area contributed by atoms with Gasteiger partial charge >= 0.3 is 6.18 Å². The van der Waals surface area contributed by atoms with Gasteiger partial charge < -0.3 is 10.7 Å². The second-order valence-electron chi connectivity index (χ2n) is 4.25. The predicted octanol–water partition coefficient (Wildman–Crippen LogP) is 2.76. The van der Waals surface area contributed by atoms with Crippen LogP contribution in [0, 0.1) is 0 Å². The van der Waals surface area contributed by atoms with Crippen LogP contribution in [-0.4, -0.2) is 20.9 Å². The summed E-state index contributed by atoms with van der Waals surface area (Å²) in [5.41, 5.74) is 4.70. The predicted molar refractivity (Wildman–Crippen MR) is 73.9 cm³/mol. The summed E-state index contributed by atoms with van der Waals surface area (Å²) in [4.78, 5) is 21.3. The summed E-state index contributed by atoms with van der Waals surface area (Å²) in [6.45, 7) is 0. The lowest BCUT2D eigenvalue weighted by Crippen LogP contribution is -2.13. The SMILES string of the molecule is NC(=O)c1cccc(C(F)(F)F)c1.c1ncc2cc[nH]c2n1. The smallest absolute Gasteiger partial charge is 0.366 e. The summed E-state index contributed by atoms with van der Waals surface area (Å²) in [5.74, 6) is -0.869. The van der Waals surface area contributed by atoms with E-state index in [1.807, 2.05) is 12.3 Å². The number of aromatic nitrogens is 3. The first kappa shape index (κ1) is 15.5. The molecular weight excluding hydrogens is 297 g/mol. The largest absolute Gasteiger partial charge is 0.416 e. The van der Waals surface area contributed by atoms with Crippen molar-refractivity contribution in [2.24, 2.45) is 5.73 Å².